The van der Waals surface area contributed by atoms with Crippen molar-refractivity contribution in [1.29, 1.82) is 0 Å². The van der Waals surface area contributed by atoms with Crippen molar-refractivity contribution in [2.24, 2.45) is 5.92 Å². The monoisotopic (exact) mass is 365 g/mol. The highest BCUT2D eigenvalue weighted by atomic mass is 32.1. The van der Waals surface area contributed by atoms with Gasteiger partial charge in [-0.2, -0.15) is 0 Å². The van der Waals surface area contributed by atoms with Gasteiger partial charge in [0, 0.05) is 24.3 Å². The predicted molar refractivity (Wildman–Crippen MR) is 105 cm³/mol. The van der Waals surface area contributed by atoms with E-state index in [4.69, 9.17) is 0 Å². The molecule has 1 N–H and O–H groups in total. The van der Waals surface area contributed by atoms with Gasteiger partial charge in [0.05, 0.1) is 16.1 Å². The normalized spacial score (nSPS) is 14.3. The zero-order chi connectivity index (χ0) is 18.3. The summed E-state index contributed by atoms with van der Waals surface area (Å²) in [7, 11) is 0. The van der Waals surface area contributed by atoms with E-state index in [1.807, 2.05) is 6.07 Å². The molecule has 132 valence electrons. The second-order valence-electron chi connectivity index (χ2n) is 6.69. The van der Waals surface area contributed by atoms with E-state index in [9.17, 15) is 9.59 Å². The molecule has 5 nitrogen and oxygen atoms in total. The van der Waals surface area contributed by atoms with Gasteiger partial charge in [-0.25, -0.2) is 4.98 Å². The summed E-state index contributed by atoms with van der Waals surface area (Å²) in [6.45, 7) is 4.96. The van der Waals surface area contributed by atoms with Crippen molar-refractivity contribution < 1.29 is 9.59 Å². The van der Waals surface area contributed by atoms with E-state index in [0.717, 1.165) is 10.6 Å². The van der Waals surface area contributed by atoms with E-state index in [0.29, 0.717) is 24.3 Å². The van der Waals surface area contributed by atoms with Gasteiger partial charge >= 0.3 is 0 Å². The lowest BCUT2D eigenvalue weighted by molar-refractivity contribution is -0.120. The molecule has 1 saturated heterocycles. The van der Waals surface area contributed by atoms with Crippen molar-refractivity contribution in [1.82, 2.24) is 4.98 Å². The van der Waals surface area contributed by atoms with Crippen LogP contribution in [0.2, 0.25) is 0 Å². The maximum Gasteiger partial charge on any atom is 0.231 e. The van der Waals surface area contributed by atoms with E-state index in [-0.39, 0.29) is 17.6 Å². The summed E-state index contributed by atoms with van der Waals surface area (Å²) in [6, 6.07) is 13.2. The Balaban J connectivity index is 1.37. The summed E-state index contributed by atoms with van der Waals surface area (Å²) >= 11 is 1.67. The van der Waals surface area contributed by atoms with Crippen LogP contribution in [0.15, 0.2) is 42.5 Å². The molecule has 6 heteroatoms. The molecule has 0 aliphatic carbocycles. The summed E-state index contributed by atoms with van der Waals surface area (Å²) in [5, 5.41) is 3.89. The summed E-state index contributed by atoms with van der Waals surface area (Å²) < 4.78 is 1.18. The first-order valence-electron chi connectivity index (χ1n) is 8.53. The lowest BCUT2D eigenvalue weighted by Gasteiger charge is -2.37. The first-order valence-corrected chi connectivity index (χ1v) is 9.35. The second kappa shape index (κ2) is 6.53. The molecule has 0 radical (unpaired) electrons. The number of nitrogens with zero attached hydrogens (tertiary/aromatic N) is 2. The number of thiazole rings is 1. The number of carbonyl (C=O) groups excluding carboxylic acids is 2. The SMILES string of the molecule is CC(=O)c1ccc(NC(=O)C2CN(c3nc4ccc(C)cc4s3)C2)cc1. The molecular formula is C20H19N3O2S. The third kappa shape index (κ3) is 3.20. The third-order valence-electron chi connectivity index (χ3n) is 4.61. The Morgan fingerprint density at radius 2 is 1.88 bits per heavy atom. The molecule has 0 spiro atoms. The summed E-state index contributed by atoms with van der Waals surface area (Å²) in [4.78, 5) is 30.5. The van der Waals surface area contributed by atoms with Gasteiger partial charge in [0.1, 0.15) is 0 Å². The summed E-state index contributed by atoms with van der Waals surface area (Å²) in [5.41, 5.74) is 3.59. The molecule has 1 aliphatic heterocycles. The van der Waals surface area contributed by atoms with Crippen LogP contribution in [0, 0.1) is 12.8 Å². The minimum Gasteiger partial charge on any atom is -0.346 e. The molecule has 1 aromatic heterocycles. The number of Topliss-reactive ketones (excluding diaryl/α,β-unsaturated/α-hetero) is 1. The van der Waals surface area contributed by atoms with Crippen molar-refractivity contribution in [3.8, 4) is 0 Å². The molecule has 3 aromatic rings. The number of aryl methyl sites for hydroxylation is 1. The number of nitrogens with one attached hydrogen (secondary N) is 1. The molecule has 2 heterocycles. The number of fused-ring (bicyclic) bond motifs is 1. The molecule has 1 amide bonds. The van der Waals surface area contributed by atoms with Gasteiger partial charge in [-0.15, -0.1) is 0 Å². The van der Waals surface area contributed by atoms with Crippen LogP contribution in [0.1, 0.15) is 22.8 Å². The fourth-order valence-corrected chi connectivity index (χ4v) is 4.07. The highest BCUT2D eigenvalue weighted by Crippen LogP contribution is 2.33. The minimum absolute atomic E-state index is 0.00813. The average molecular weight is 365 g/mol. The molecule has 0 unspecified atom stereocenters. The van der Waals surface area contributed by atoms with Gasteiger partial charge < -0.3 is 10.2 Å². The molecule has 0 saturated carbocycles. The van der Waals surface area contributed by atoms with E-state index in [1.165, 1.54) is 17.2 Å². The van der Waals surface area contributed by atoms with Crippen molar-refractivity contribution in [2.75, 3.05) is 23.3 Å². The Hall–Kier alpha value is -2.73. The quantitative estimate of drug-likeness (QED) is 0.713. The molecule has 0 atom stereocenters. The number of benzene rings is 2. The Labute approximate surface area is 155 Å². The van der Waals surface area contributed by atoms with Crippen molar-refractivity contribution in [2.45, 2.75) is 13.8 Å². The van der Waals surface area contributed by atoms with Crippen molar-refractivity contribution in [3.05, 3.63) is 53.6 Å². The molecule has 1 aliphatic rings. The zero-order valence-electron chi connectivity index (χ0n) is 14.7. The Morgan fingerprint density at radius 3 is 2.58 bits per heavy atom. The lowest BCUT2D eigenvalue weighted by atomic mass is 10.00. The summed E-state index contributed by atoms with van der Waals surface area (Å²) in [5.74, 6) is -0.0199. The first kappa shape index (κ1) is 16.7. The number of hydrogen-bond donors (Lipinski definition) is 1. The molecule has 0 bridgehead atoms. The highest BCUT2D eigenvalue weighted by molar-refractivity contribution is 7.22. The molecule has 2 aromatic carbocycles. The largest absolute Gasteiger partial charge is 0.346 e. The van der Waals surface area contributed by atoms with E-state index in [1.54, 1.807) is 35.6 Å². The molecule has 4 rings (SSSR count). The number of carbonyl (C=O) groups is 2. The lowest BCUT2D eigenvalue weighted by Crippen LogP contribution is -2.52. The number of rotatable bonds is 4. The van der Waals surface area contributed by atoms with Crippen LogP contribution in [-0.2, 0) is 4.79 Å². The van der Waals surface area contributed by atoms with E-state index in [2.05, 4.69) is 34.3 Å². The van der Waals surface area contributed by atoms with Crippen LogP contribution < -0.4 is 10.2 Å². The van der Waals surface area contributed by atoms with Crippen LogP contribution in [0.4, 0.5) is 10.8 Å². The van der Waals surface area contributed by atoms with Crippen molar-refractivity contribution >= 4 is 44.1 Å². The van der Waals surface area contributed by atoms with Gasteiger partial charge in [0.2, 0.25) is 5.91 Å². The fraction of sp³-hybridized carbons (Fsp3) is 0.250. The van der Waals surface area contributed by atoms with E-state index < -0.39 is 0 Å². The zero-order valence-corrected chi connectivity index (χ0v) is 15.5. The van der Waals surface area contributed by atoms with Gasteiger partial charge in [-0.05, 0) is 55.8 Å². The standard InChI is InChI=1S/C20H19N3O2S/c1-12-3-8-17-18(9-12)26-20(22-17)23-10-15(11-23)19(25)21-16-6-4-14(5-7-16)13(2)24/h3-9,15H,10-11H2,1-2H3,(H,21,25). The molecule has 1 fully saturated rings. The number of hydrogen-bond acceptors (Lipinski definition) is 5. The molecular weight excluding hydrogens is 346 g/mol. The highest BCUT2D eigenvalue weighted by Gasteiger charge is 2.34. The van der Waals surface area contributed by atoms with Crippen LogP contribution in [0.25, 0.3) is 10.2 Å². The Kier molecular flexibility index (Phi) is 4.20. The van der Waals surface area contributed by atoms with Crippen LogP contribution >= 0.6 is 11.3 Å². The van der Waals surface area contributed by atoms with Crippen LogP contribution in [-0.4, -0.2) is 29.8 Å². The number of amides is 1. The minimum atomic E-state index is -0.0452. The van der Waals surface area contributed by atoms with Gasteiger partial charge in [-0.3, -0.25) is 9.59 Å². The van der Waals surface area contributed by atoms with Crippen LogP contribution in [0.5, 0.6) is 0 Å². The maximum absolute atomic E-state index is 12.4. The fourth-order valence-electron chi connectivity index (χ4n) is 2.99. The number of aromatic nitrogens is 1. The van der Waals surface area contributed by atoms with Gasteiger partial charge in [0.25, 0.3) is 0 Å². The van der Waals surface area contributed by atoms with Crippen LogP contribution in [0.3, 0.4) is 0 Å². The van der Waals surface area contributed by atoms with Gasteiger partial charge in [-0.1, -0.05) is 17.4 Å². The van der Waals surface area contributed by atoms with E-state index >= 15 is 0 Å². The number of ketones is 1. The van der Waals surface area contributed by atoms with Crippen molar-refractivity contribution in [3.63, 3.8) is 0 Å². The third-order valence-corrected chi connectivity index (χ3v) is 5.69. The smallest absolute Gasteiger partial charge is 0.231 e. The van der Waals surface area contributed by atoms with Gasteiger partial charge in [0.15, 0.2) is 10.9 Å². The summed E-state index contributed by atoms with van der Waals surface area (Å²) in [6.07, 6.45) is 0. The predicted octanol–water partition coefficient (Wildman–Crippen LogP) is 3.88. The Bertz CT molecular complexity index is 988. The average Bonchev–Trinajstić information content (AvgIpc) is 2.96. The first-order chi connectivity index (χ1) is 12.5. The Morgan fingerprint density at radius 1 is 1.15 bits per heavy atom. The number of anilines is 2. The maximum atomic E-state index is 12.4. The second-order valence-corrected chi connectivity index (χ2v) is 7.70. The molecule has 26 heavy (non-hydrogen) atoms. The topological polar surface area (TPSA) is 62.3 Å².